The number of benzene rings is 2. The van der Waals surface area contributed by atoms with Crippen molar-refractivity contribution in [2.45, 2.75) is 32.9 Å². The van der Waals surface area contributed by atoms with Gasteiger partial charge in [-0.2, -0.15) is 0 Å². The van der Waals surface area contributed by atoms with Crippen LogP contribution in [0.15, 0.2) is 73.4 Å². The molecule has 1 aliphatic heterocycles. The largest absolute Gasteiger partial charge is 0.494 e. The lowest BCUT2D eigenvalue weighted by Gasteiger charge is -2.31. The van der Waals surface area contributed by atoms with Gasteiger partial charge in [0.25, 0.3) is 5.91 Å². The van der Waals surface area contributed by atoms with E-state index in [2.05, 4.69) is 27.2 Å². The summed E-state index contributed by atoms with van der Waals surface area (Å²) in [5, 5.41) is 6.29. The van der Waals surface area contributed by atoms with Crippen LogP contribution in [0.5, 0.6) is 5.75 Å². The topological polar surface area (TPSA) is 109 Å². The first kappa shape index (κ1) is 28.4. The van der Waals surface area contributed by atoms with Crippen LogP contribution in [-0.4, -0.2) is 46.1 Å². The van der Waals surface area contributed by atoms with Gasteiger partial charge >= 0.3 is 6.09 Å². The average molecular weight is 570 g/mol. The number of amides is 2. The molecule has 10 heteroatoms. The number of halogens is 1. The van der Waals surface area contributed by atoms with Gasteiger partial charge in [-0.15, -0.1) is 0 Å². The molecule has 2 aromatic carbocycles. The minimum absolute atomic E-state index is 0.0291. The van der Waals surface area contributed by atoms with Crippen molar-refractivity contribution in [3.05, 3.63) is 96.1 Å². The number of carbonyl (C=O) groups is 2. The minimum Gasteiger partial charge on any atom is -0.494 e. The van der Waals surface area contributed by atoms with E-state index in [4.69, 9.17) is 9.47 Å². The molecule has 0 unspecified atom stereocenters. The number of para-hydroxylation sites is 1. The van der Waals surface area contributed by atoms with E-state index in [1.807, 2.05) is 57.2 Å². The number of H-pyrrole nitrogens is 1. The molecule has 0 spiro atoms. The van der Waals surface area contributed by atoms with Crippen molar-refractivity contribution in [1.82, 2.24) is 14.9 Å². The third-order valence-corrected chi connectivity index (χ3v) is 6.56. The Balaban J connectivity index is 1.50. The van der Waals surface area contributed by atoms with Gasteiger partial charge in [-0.1, -0.05) is 24.8 Å². The van der Waals surface area contributed by atoms with Crippen LogP contribution in [0.1, 0.15) is 42.4 Å². The Labute approximate surface area is 243 Å². The summed E-state index contributed by atoms with van der Waals surface area (Å²) >= 11 is 0. The molecule has 1 aliphatic rings. The number of hydrogen-bond donors (Lipinski definition) is 3. The summed E-state index contributed by atoms with van der Waals surface area (Å²) < 4.78 is 24.5. The van der Waals surface area contributed by atoms with E-state index >= 15 is 0 Å². The predicted octanol–water partition coefficient (Wildman–Crippen LogP) is 6.98. The Morgan fingerprint density at radius 2 is 1.83 bits per heavy atom. The van der Waals surface area contributed by atoms with Crippen molar-refractivity contribution in [3.63, 3.8) is 0 Å². The fourth-order valence-electron chi connectivity index (χ4n) is 4.72. The number of aromatic nitrogens is 2. The highest BCUT2D eigenvalue weighted by atomic mass is 19.1. The van der Waals surface area contributed by atoms with Crippen molar-refractivity contribution in [1.29, 1.82) is 0 Å². The third kappa shape index (κ3) is 6.12. The quantitative estimate of drug-likeness (QED) is 0.231. The van der Waals surface area contributed by atoms with Crippen LogP contribution in [0.25, 0.3) is 16.8 Å². The zero-order chi connectivity index (χ0) is 30.0. The molecule has 0 fully saturated rings. The first-order chi connectivity index (χ1) is 20.0. The molecule has 0 aliphatic carbocycles. The second-order valence-corrected chi connectivity index (χ2v) is 10.9. The summed E-state index contributed by atoms with van der Waals surface area (Å²) in [5.74, 6) is -0.755. The first-order valence-electron chi connectivity index (χ1n) is 13.4. The number of hydrogen-bond acceptors (Lipinski definition) is 6. The third-order valence-electron chi connectivity index (χ3n) is 6.56. The molecule has 216 valence electrons. The van der Waals surface area contributed by atoms with E-state index in [0.29, 0.717) is 18.9 Å². The van der Waals surface area contributed by atoms with Crippen molar-refractivity contribution >= 4 is 34.8 Å². The zero-order valence-electron chi connectivity index (χ0n) is 23.9. The van der Waals surface area contributed by atoms with Crippen molar-refractivity contribution in [3.8, 4) is 17.0 Å². The summed E-state index contributed by atoms with van der Waals surface area (Å²) in [7, 11) is 1.34. The molecule has 0 radical (unpaired) electrons. The summed E-state index contributed by atoms with van der Waals surface area (Å²) in [6, 6.07) is 17.2. The van der Waals surface area contributed by atoms with Crippen LogP contribution in [0.4, 0.5) is 26.4 Å². The predicted molar refractivity (Wildman–Crippen MR) is 160 cm³/mol. The molecule has 0 atom stereocenters. The lowest BCUT2D eigenvalue weighted by molar-refractivity contribution is 0.0253. The summed E-state index contributed by atoms with van der Waals surface area (Å²) in [6.45, 7) is 10.4. The molecule has 3 N–H and O–H groups in total. The highest BCUT2D eigenvalue weighted by molar-refractivity contribution is 6.04. The summed E-state index contributed by atoms with van der Waals surface area (Å²) in [4.78, 5) is 35.2. The second-order valence-electron chi connectivity index (χ2n) is 10.9. The van der Waals surface area contributed by atoms with Crippen LogP contribution >= 0.6 is 0 Å². The lowest BCUT2D eigenvalue weighted by Crippen LogP contribution is -2.39. The number of aromatic amines is 1. The fraction of sp³-hybridized carbons (Fsp3) is 0.219. The van der Waals surface area contributed by atoms with Gasteiger partial charge in [-0.05, 0) is 68.8 Å². The highest BCUT2D eigenvalue weighted by Crippen LogP contribution is 2.42. The molecule has 9 nitrogen and oxygen atoms in total. The van der Waals surface area contributed by atoms with Gasteiger partial charge in [-0.25, -0.2) is 14.2 Å². The Morgan fingerprint density at radius 3 is 2.55 bits per heavy atom. The van der Waals surface area contributed by atoms with Crippen molar-refractivity contribution < 1.29 is 23.5 Å². The van der Waals surface area contributed by atoms with Crippen LogP contribution in [0.3, 0.4) is 0 Å². The van der Waals surface area contributed by atoms with E-state index in [0.717, 1.165) is 39.5 Å². The number of fused-ring (bicyclic) bond motifs is 1. The molecule has 4 aromatic rings. The normalized spacial score (nSPS) is 12.9. The Bertz CT molecular complexity index is 1660. The van der Waals surface area contributed by atoms with Gasteiger partial charge in [0.2, 0.25) is 0 Å². The number of methoxy groups -OCH3 is 1. The molecule has 5 rings (SSSR count). The molecule has 2 amide bonds. The summed E-state index contributed by atoms with van der Waals surface area (Å²) in [5.41, 5.74) is 5.15. The highest BCUT2D eigenvalue weighted by Gasteiger charge is 2.32. The van der Waals surface area contributed by atoms with E-state index in [1.165, 1.54) is 25.3 Å². The van der Waals surface area contributed by atoms with E-state index in [-0.39, 0.29) is 11.3 Å². The number of anilines is 3. The lowest BCUT2D eigenvalue weighted by atomic mass is 9.99. The second kappa shape index (κ2) is 11.4. The fourth-order valence-corrected chi connectivity index (χ4v) is 4.72. The number of rotatable bonds is 6. The van der Waals surface area contributed by atoms with Crippen LogP contribution in [0, 0.1) is 5.82 Å². The standard InChI is InChI=1S/C32H32FN5O4/c1-19-17-38(31(40)42-32(2,3)4)18-24-27(19)29(35-22-9-7-6-8-10-22)28(36-24)20-13-14-34-26(16-20)37-30(39)21-11-12-23(33)25(15-21)41-5/h6-16,35-36H,1,17-18H2,2-5H3,(H,34,37,39). The molecule has 0 bridgehead atoms. The van der Waals surface area contributed by atoms with Crippen LogP contribution < -0.4 is 15.4 Å². The average Bonchev–Trinajstić information content (AvgIpc) is 3.31. The van der Waals surface area contributed by atoms with Gasteiger partial charge in [0.15, 0.2) is 11.6 Å². The molecule has 42 heavy (non-hydrogen) atoms. The zero-order valence-corrected chi connectivity index (χ0v) is 23.9. The maximum Gasteiger partial charge on any atom is 0.410 e. The summed E-state index contributed by atoms with van der Waals surface area (Å²) in [6.07, 6.45) is 1.17. The maximum atomic E-state index is 13.8. The molecular formula is C32H32FN5O4. The van der Waals surface area contributed by atoms with E-state index < -0.39 is 23.4 Å². The number of ether oxygens (including phenoxy) is 2. The van der Waals surface area contributed by atoms with Crippen LogP contribution in [-0.2, 0) is 11.3 Å². The Hall–Kier alpha value is -5.12. The monoisotopic (exact) mass is 569 g/mol. The van der Waals surface area contributed by atoms with Crippen molar-refractivity contribution in [2.24, 2.45) is 0 Å². The number of nitrogens with one attached hydrogen (secondary N) is 3. The maximum absolute atomic E-state index is 13.8. The van der Waals surface area contributed by atoms with Gasteiger partial charge in [0.05, 0.1) is 25.0 Å². The van der Waals surface area contributed by atoms with Crippen molar-refractivity contribution in [2.75, 3.05) is 24.3 Å². The smallest absolute Gasteiger partial charge is 0.410 e. The Morgan fingerprint density at radius 1 is 1.07 bits per heavy atom. The molecule has 2 aromatic heterocycles. The van der Waals surface area contributed by atoms with Gasteiger partial charge < -0.3 is 25.1 Å². The minimum atomic E-state index is -0.628. The molecule has 0 saturated carbocycles. The van der Waals surface area contributed by atoms with Gasteiger partial charge in [0.1, 0.15) is 11.4 Å². The number of nitrogens with zero attached hydrogens (tertiary/aromatic N) is 2. The SMILES string of the molecule is C=C1CN(C(=O)OC(C)(C)C)Cc2[nH]c(-c3ccnc(NC(=O)c4ccc(F)c(OC)c4)c3)c(Nc3ccccc3)c21. The number of pyridine rings is 1. The van der Waals surface area contributed by atoms with Gasteiger partial charge in [-0.3, -0.25) is 9.69 Å². The molecular weight excluding hydrogens is 537 g/mol. The van der Waals surface area contributed by atoms with E-state index in [9.17, 15) is 14.0 Å². The molecule has 3 heterocycles. The van der Waals surface area contributed by atoms with Crippen LogP contribution in [0.2, 0.25) is 0 Å². The van der Waals surface area contributed by atoms with Gasteiger partial charge in [0, 0.05) is 40.8 Å². The Kier molecular flexibility index (Phi) is 7.71. The molecule has 0 saturated heterocycles. The number of carbonyl (C=O) groups excluding carboxylic acids is 2. The first-order valence-corrected chi connectivity index (χ1v) is 13.4. The van der Waals surface area contributed by atoms with E-state index in [1.54, 1.807) is 17.2 Å².